The number of tetrazole rings is 1. The largest absolute Gasteiger partial charge is 0.477 e. The highest BCUT2D eigenvalue weighted by molar-refractivity contribution is 8.01. The number of carbonyl (C=O) groups is 3. The Hall–Kier alpha value is -3.18. The quantitative estimate of drug-likeness (QED) is 0.145. The number of nitrogen functional groups attached to an aromatic ring is 1. The Labute approximate surface area is 216 Å². The van der Waals surface area contributed by atoms with E-state index in [2.05, 4.69) is 36.1 Å². The number of carboxylic acids is 1. The summed E-state index contributed by atoms with van der Waals surface area (Å²) in [5.41, 5.74) is 6.39. The van der Waals surface area contributed by atoms with Gasteiger partial charge in [0.15, 0.2) is 10.8 Å². The summed E-state index contributed by atoms with van der Waals surface area (Å²) < 4.78 is 0. The maximum Gasteiger partial charge on any atom is 0.352 e. The molecule has 0 spiro atoms. The zero-order valence-corrected chi connectivity index (χ0v) is 21.1. The Morgan fingerprint density at radius 3 is 2.86 bits per heavy atom. The van der Waals surface area contributed by atoms with E-state index < -0.39 is 29.2 Å². The fourth-order valence-corrected chi connectivity index (χ4v) is 6.87. The number of carboxylic acid groups (broad SMARTS) is 1. The molecular weight excluding hydrogens is 530 g/mol. The number of hydrogen-bond donors (Lipinski definition) is 4. The van der Waals surface area contributed by atoms with Crippen LogP contribution in [0.5, 0.6) is 0 Å². The van der Waals surface area contributed by atoms with Crippen molar-refractivity contribution in [1.29, 1.82) is 0 Å². The second kappa shape index (κ2) is 10.4. The zero-order chi connectivity index (χ0) is 25.2. The number of thiazole rings is 1. The molecule has 4 heterocycles. The van der Waals surface area contributed by atoms with E-state index in [0.29, 0.717) is 22.2 Å². The first-order chi connectivity index (χ1) is 17.4. The summed E-state index contributed by atoms with van der Waals surface area (Å²) >= 11 is 3.76. The minimum atomic E-state index is -1.21. The van der Waals surface area contributed by atoms with Crippen LogP contribution in [-0.4, -0.2) is 88.1 Å². The lowest BCUT2D eigenvalue weighted by Crippen LogP contribution is -2.71. The van der Waals surface area contributed by atoms with E-state index in [1.165, 1.54) is 28.4 Å². The first-order valence-electron chi connectivity index (χ1n) is 10.9. The summed E-state index contributed by atoms with van der Waals surface area (Å²) in [5, 5.41) is 31.7. The first-order valence-corrected chi connectivity index (χ1v) is 13.9. The second-order valence-corrected chi connectivity index (χ2v) is 11.1. The number of oxime groups is 1. The predicted molar refractivity (Wildman–Crippen MR) is 131 cm³/mol. The van der Waals surface area contributed by atoms with Crippen molar-refractivity contribution in [3.05, 3.63) is 22.3 Å². The summed E-state index contributed by atoms with van der Waals surface area (Å²) in [6, 6.07) is -0.919. The highest BCUT2D eigenvalue weighted by Crippen LogP contribution is 2.41. The van der Waals surface area contributed by atoms with E-state index in [1.807, 2.05) is 0 Å². The van der Waals surface area contributed by atoms with Crippen LogP contribution in [0.1, 0.15) is 31.4 Å². The van der Waals surface area contributed by atoms with Gasteiger partial charge in [-0.15, -0.1) is 28.2 Å². The van der Waals surface area contributed by atoms with Crippen LogP contribution >= 0.6 is 34.9 Å². The number of β-lactam (4-membered cyclic amide) rings is 1. The van der Waals surface area contributed by atoms with Gasteiger partial charge in [-0.2, -0.15) is 0 Å². The van der Waals surface area contributed by atoms with E-state index >= 15 is 0 Å². The molecule has 190 valence electrons. The predicted octanol–water partition coefficient (Wildman–Crippen LogP) is 0.433. The molecule has 14 nitrogen and oxygen atoms in total. The van der Waals surface area contributed by atoms with Crippen molar-refractivity contribution in [2.75, 3.05) is 17.2 Å². The highest BCUT2D eigenvalue weighted by Gasteiger charge is 2.54. The van der Waals surface area contributed by atoms with Crippen molar-refractivity contribution in [3.8, 4) is 0 Å². The standard InChI is InChI=1S/C19H21N9O5S3/c20-18-21-10(7-35-18)11(25-33-9-3-1-2-4-9)14(29)22-12-15(30)28-13(17(31)32)8(5-34-16(12)28)6-36-19-23-26-27-24-19/h7,9,12,16H,1-6H2,(H2,20,21)(H,22,29)(H,31,32)(H,23,24,26,27)/t12?,16-/m0/s1. The third-order valence-corrected chi connectivity index (χ3v) is 8.77. The van der Waals surface area contributed by atoms with Gasteiger partial charge >= 0.3 is 5.97 Å². The SMILES string of the molecule is Nc1nc(C(=NOC2CCCC2)C(=O)NC2C(=O)N3C(C(=O)O)=C(CSc4nnn[nH]4)CS[C@@H]23)cs1. The van der Waals surface area contributed by atoms with Crippen molar-refractivity contribution >= 4 is 63.5 Å². The van der Waals surface area contributed by atoms with Crippen molar-refractivity contribution in [2.24, 2.45) is 5.16 Å². The van der Waals surface area contributed by atoms with Gasteiger partial charge in [0.25, 0.3) is 11.8 Å². The lowest BCUT2D eigenvalue weighted by molar-refractivity contribution is -0.150. The average molecular weight is 552 g/mol. The van der Waals surface area contributed by atoms with E-state index in [-0.39, 0.29) is 28.3 Å². The van der Waals surface area contributed by atoms with Crippen LogP contribution in [0.4, 0.5) is 5.13 Å². The number of nitrogens with two attached hydrogens (primary N) is 1. The van der Waals surface area contributed by atoms with Gasteiger partial charge in [0.2, 0.25) is 5.16 Å². The van der Waals surface area contributed by atoms with Crippen LogP contribution in [0.15, 0.2) is 27.0 Å². The fourth-order valence-electron chi connectivity index (χ4n) is 4.09. The maximum atomic E-state index is 13.2. The molecule has 5 N–H and O–H groups in total. The number of amides is 2. The minimum Gasteiger partial charge on any atom is -0.477 e. The summed E-state index contributed by atoms with van der Waals surface area (Å²) in [6.45, 7) is 0. The molecule has 36 heavy (non-hydrogen) atoms. The molecule has 1 saturated carbocycles. The van der Waals surface area contributed by atoms with Crippen molar-refractivity contribution in [1.82, 2.24) is 35.8 Å². The average Bonchev–Trinajstić information content (AvgIpc) is 3.64. The molecule has 17 heteroatoms. The van der Waals surface area contributed by atoms with Gasteiger partial charge < -0.3 is 21.0 Å². The molecule has 0 aromatic carbocycles. The Morgan fingerprint density at radius 1 is 1.39 bits per heavy atom. The topological polar surface area (TPSA) is 202 Å². The number of carbonyl (C=O) groups excluding carboxylic acids is 2. The van der Waals surface area contributed by atoms with Gasteiger partial charge in [-0.1, -0.05) is 16.9 Å². The summed E-state index contributed by atoms with van der Waals surface area (Å²) in [7, 11) is 0. The Bertz CT molecular complexity index is 1220. The van der Waals surface area contributed by atoms with E-state index in [1.54, 1.807) is 5.38 Å². The number of fused-ring (bicyclic) bond motifs is 1. The monoisotopic (exact) mass is 551 g/mol. The number of aromatic nitrogens is 5. The lowest BCUT2D eigenvalue weighted by atomic mass is 10.0. The van der Waals surface area contributed by atoms with Gasteiger partial charge in [0.1, 0.15) is 28.9 Å². The van der Waals surface area contributed by atoms with Gasteiger partial charge in [-0.25, -0.2) is 14.9 Å². The van der Waals surface area contributed by atoms with Gasteiger partial charge in [-0.3, -0.25) is 14.5 Å². The van der Waals surface area contributed by atoms with Crippen molar-refractivity contribution in [3.63, 3.8) is 0 Å². The number of thioether (sulfide) groups is 2. The number of aromatic amines is 1. The molecule has 2 atom stereocenters. The molecule has 0 bridgehead atoms. The van der Waals surface area contributed by atoms with Crippen LogP contribution in [0.3, 0.4) is 0 Å². The molecular formula is C19H21N9O5S3. The lowest BCUT2D eigenvalue weighted by Gasteiger charge is -2.49. The zero-order valence-electron chi connectivity index (χ0n) is 18.6. The van der Waals surface area contributed by atoms with E-state index in [0.717, 1.165) is 37.0 Å². The maximum absolute atomic E-state index is 13.2. The normalized spacial score (nSPS) is 22.4. The van der Waals surface area contributed by atoms with Crippen LogP contribution in [0.2, 0.25) is 0 Å². The summed E-state index contributed by atoms with van der Waals surface area (Å²) in [4.78, 5) is 49.1. The Morgan fingerprint density at radius 2 is 2.19 bits per heavy atom. The van der Waals surface area contributed by atoms with Gasteiger partial charge in [0.05, 0.1) is 0 Å². The number of anilines is 1. The minimum absolute atomic E-state index is 0.0753. The Balaban J connectivity index is 1.30. The first kappa shape index (κ1) is 24.5. The number of nitrogens with zero attached hydrogens (tertiary/aromatic N) is 6. The molecule has 2 aromatic rings. The summed E-state index contributed by atoms with van der Waals surface area (Å²) in [5.74, 6) is -1.72. The van der Waals surface area contributed by atoms with Crippen molar-refractivity contribution < 1.29 is 24.3 Å². The molecule has 1 aliphatic carbocycles. The molecule has 2 fully saturated rings. The number of nitrogens with one attached hydrogen (secondary N) is 2. The molecule has 0 radical (unpaired) electrons. The van der Waals surface area contributed by atoms with Gasteiger partial charge in [0, 0.05) is 16.9 Å². The third-order valence-electron chi connectivity index (χ3n) is 5.82. The molecule has 1 saturated heterocycles. The summed E-state index contributed by atoms with van der Waals surface area (Å²) in [6.07, 6.45) is 3.69. The number of hydrogen-bond acceptors (Lipinski definition) is 13. The number of aliphatic carboxylic acids is 1. The second-order valence-electron chi connectivity index (χ2n) is 8.14. The Kier molecular flexibility index (Phi) is 7.10. The van der Waals surface area contributed by atoms with Gasteiger partial charge in [-0.05, 0) is 41.7 Å². The fraction of sp³-hybridized carbons (Fsp3) is 0.474. The molecule has 3 aliphatic rings. The smallest absolute Gasteiger partial charge is 0.352 e. The van der Waals surface area contributed by atoms with Crippen LogP contribution in [0, 0.1) is 0 Å². The van der Waals surface area contributed by atoms with E-state index in [9.17, 15) is 19.5 Å². The number of H-pyrrole nitrogens is 1. The van der Waals surface area contributed by atoms with Crippen LogP contribution < -0.4 is 11.1 Å². The van der Waals surface area contributed by atoms with Crippen LogP contribution in [-0.2, 0) is 19.2 Å². The third kappa shape index (κ3) is 4.90. The van der Waals surface area contributed by atoms with Crippen molar-refractivity contribution in [2.45, 2.75) is 48.4 Å². The molecule has 2 aromatic heterocycles. The number of rotatable bonds is 9. The highest BCUT2D eigenvalue weighted by atomic mass is 32.2. The van der Waals surface area contributed by atoms with E-state index in [4.69, 9.17) is 10.6 Å². The van der Waals surface area contributed by atoms with Crippen LogP contribution in [0.25, 0.3) is 0 Å². The molecule has 1 unspecified atom stereocenters. The molecule has 5 rings (SSSR count). The molecule has 2 amide bonds. The molecule has 2 aliphatic heterocycles.